The largest absolute Gasteiger partial charge is 0.360 e. The van der Waals surface area contributed by atoms with E-state index < -0.39 is 0 Å². The van der Waals surface area contributed by atoms with Gasteiger partial charge in [0.05, 0.1) is 11.9 Å². The second-order valence-corrected chi connectivity index (χ2v) is 4.49. The first-order valence-electron chi connectivity index (χ1n) is 3.27. The number of ether oxygens (including phenoxy) is 1. The molecule has 0 fully saturated rings. The highest BCUT2D eigenvalue weighted by Gasteiger charge is 1.88. The van der Waals surface area contributed by atoms with Crippen LogP contribution in [0.15, 0.2) is 0 Å². The number of rotatable bonds is 8. The van der Waals surface area contributed by atoms with E-state index in [0.29, 0.717) is 11.8 Å². The van der Waals surface area contributed by atoms with Crippen molar-refractivity contribution in [2.45, 2.75) is 0 Å². The van der Waals surface area contributed by atoms with Gasteiger partial charge in [0, 0.05) is 23.3 Å². The van der Waals surface area contributed by atoms with Crippen molar-refractivity contribution in [2.24, 2.45) is 0 Å². The summed E-state index contributed by atoms with van der Waals surface area (Å²) in [6, 6.07) is 0. The van der Waals surface area contributed by atoms with Crippen LogP contribution in [-0.2, 0) is 4.74 Å². The molecular weight excluding hydrogens is 223 g/mol. The first-order valence-corrected chi connectivity index (χ1v) is 6.65. The minimum absolute atomic E-state index is 0.697. The summed E-state index contributed by atoms with van der Waals surface area (Å²) in [5.74, 6) is 4.79. The van der Waals surface area contributed by atoms with Gasteiger partial charge in [-0.2, -0.15) is 0 Å². The van der Waals surface area contributed by atoms with Crippen LogP contribution in [0.4, 0.5) is 0 Å². The smallest absolute Gasteiger partial charge is 0.0932 e. The lowest BCUT2D eigenvalue weighted by Crippen LogP contribution is -1.92. The summed E-state index contributed by atoms with van der Waals surface area (Å²) in [4.78, 5) is 0. The summed E-state index contributed by atoms with van der Waals surface area (Å²) in [5, 5.41) is 0. The molecule has 0 radical (unpaired) electrons. The number of alkyl halides is 2. The van der Waals surface area contributed by atoms with Crippen molar-refractivity contribution in [3.8, 4) is 0 Å². The van der Waals surface area contributed by atoms with Crippen molar-refractivity contribution >= 4 is 46.7 Å². The van der Waals surface area contributed by atoms with Gasteiger partial charge in [-0.05, 0) is 0 Å². The van der Waals surface area contributed by atoms with E-state index in [4.69, 9.17) is 27.9 Å². The van der Waals surface area contributed by atoms with Gasteiger partial charge in [0.2, 0.25) is 0 Å². The van der Waals surface area contributed by atoms with Crippen molar-refractivity contribution in [2.75, 3.05) is 35.1 Å². The molecule has 0 heterocycles. The predicted octanol–water partition coefficient (Wildman–Crippen LogP) is 2.86. The van der Waals surface area contributed by atoms with E-state index in [1.54, 1.807) is 23.5 Å². The van der Waals surface area contributed by atoms with Gasteiger partial charge >= 0.3 is 0 Å². The van der Waals surface area contributed by atoms with Crippen LogP contribution in [0.25, 0.3) is 0 Å². The molecule has 0 atom stereocenters. The van der Waals surface area contributed by atoms with Crippen molar-refractivity contribution in [1.29, 1.82) is 0 Å². The molecule has 0 aromatic carbocycles. The molecule has 1 nitrogen and oxygen atoms in total. The van der Waals surface area contributed by atoms with Gasteiger partial charge in [-0.15, -0.1) is 46.7 Å². The third-order valence-electron chi connectivity index (χ3n) is 0.776. The lowest BCUT2D eigenvalue weighted by molar-refractivity contribution is 0.241. The Labute approximate surface area is 86.5 Å². The summed E-state index contributed by atoms with van der Waals surface area (Å²) in [6.45, 7) is 0. The minimum Gasteiger partial charge on any atom is -0.360 e. The Morgan fingerprint density at radius 2 is 1.36 bits per heavy atom. The molecule has 0 spiro atoms. The van der Waals surface area contributed by atoms with Crippen LogP contribution < -0.4 is 0 Å². The quantitative estimate of drug-likeness (QED) is 0.363. The Balaban J connectivity index is 2.69. The van der Waals surface area contributed by atoms with Crippen LogP contribution in [0.3, 0.4) is 0 Å². The Bertz CT molecular complexity index is 67.6. The van der Waals surface area contributed by atoms with E-state index in [9.17, 15) is 0 Å². The highest BCUT2D eigenvalue weighted by molar-refractivity contribution is 7.99. The van der Waals surface area contributed by atoms with Gasteiger partial charge in [-0.25, -0.2) is 0 Å². The van der Waals surface area contributed by atoms with Gasteiger partial charge in [-0.1, -0.05) is 0 Å². The van der Waals surface area contributed by atoms with Crippen LogP contribution in [0, 0.1) is 0 Å². The summed E-state index contributed by atoms with van der Waals surface area (Å²) in [5.41, 5.74) is 0. The number of hydrogen-bond acceptors (Lipinski definition) is 3. The van der Waals surface area contributed by atoms with E-state index in [1.807, 2.05) is 0 Å². The third kappa shape index (κ3) is 11.2. The van der Waals surface area contributed by atoms with E-state index in [2.05, 4.69) is 0 Å². The Morgan fingerprint density at radius 3 is 1.73 bits per heavy atom. The molecule has 0 saturated carbocycles. The van der Waals surface area contributed by atoms with Gasteiger partial charge in [0.1, 0.15) is 0 Å². The highest BCUT2D eigenvalue weighted by Crippen LogP contribution is 2.05. The monoisotopic (exact) mass is 234 g/mol. The molecular formula is C6H12Cl2OS2. The molecule has 11 heavy (non-hydrogen) atoms. The molecule has 0 aliphatic heterocycles. The Hall–Kier alpha value is 1.24. The molecule has 0 rings (SSSR count). The first kappa shape index (κ1) is 12.2. The molecule has 0 saturated heterocycles. The normalized spacial score (nSPS) is 10.4. The molecule has 0 amide bonds. The highest BCUT2D eigenvalue weighted by atomic mass is 35.5. The van der Waals surface area contributed by atoms with Crippen molar-refractivity contribution in [3.63, 3.8) is 0 Å². The maximum absolute atomic E-state index is 5.47. The fraction of sp³-hybridized carbons (Fsp3) is 1.00. The van der Waals surface area contributed by atoms with Crippen LogP contribution in [0.1, 0.15) is 0 Å². The fourth-order valence-electron chi connectivity index (χ4n) is 0.379. The van der Waals surface area contributed by atoms with Gasteiger partial charge in [0.15, 0.2) is 0 Å². The van der Waals surface area contributed by atoms with E-state index in [-0.39, 0.29) is 0 Å². The second kappa shape index (κ2) is 11.2. The zero-order valence-electron chi connectivity index (χ0n) is 6.22. The van der Waals surface area contributed by atoms with E-state index >= 15 is 0 Å². The molecule has 0 aliphatic carbocycles. The molecule has 68 valence electrons. The molecule has 0 unspecified atom stereocenters. The number of hydrogen-bond donors (Lipinski definition) is 0. The predicted molar refractivity (Wildman–Crippen MR) is 57.2 cm³/mol. The minimum atomic E-state index is 0.697. The third-order valence-corrected chi connectivity index (χ3v) is 3.25. The van der Waals surface area contributed by atoms with Crippen LogP contribution >= 0.6 is 46.7 Å². The summed E-state index contributed by atoms with van der Waals surface area (Å²) in [7, 11) is 0. The zero-order valence-corrected chi connectivity index (χ0v) is 9.37. The number of thioether (sulfide) groups is 2. The summed E-state index contributed by atoms with van der Waals surface area (Å²) in [6.07, 6.45) is 0. The average molecular weight is 235 g/mol. The van der Waals surface area contributed by atoms with Crippen LogP contribution in [0.5, 0.6) is 0 Å². The molecule has 0 N–H and O–H groups in total. The molecule has 0 aromatic heterocycles. The Kier molecular flexibility index (Phi) is 12.5. The average Bonchev–Trinajstić information content (AvgIpc) is 2.03. The topological polar surface area (TPSA) is 9.23 Å². The summed E-state index contributed by atoms with van der Waals surface area (Å²) < 4.78 is 5.25. The first-order chi connectivity index (χ1) is 5.41. The molecule has 0 aromatic rings. The zero-order chi connectivity index (χ0) is 8.36. The maximum Gasteiger partial charge on any atom is 0.0932 e. The molecule has 0 bridgehead atoms. The van der Waals surface area contributed by atoms with Gasteiger partial charge in [-0.3, -0.25) is 0 Å². The standard InChI is InChI=1S/C6H12Cl2OS2/c7-1-3-10-5-9-6-11-4-2-8/h1-6H2. The fourth-order valence-corrected chi connectivity index (χ4v) is 2.00. The lowest BCUT2D eigenvalue weighted by Gasteiger charge is -2.00. The molecule has 5 heteroatoms. The second-order valence-electron chi connectivity index (χ2n) is 1.63. The van der Waals surface area contributed by atoms with Crippen molar-refractivity contribution < 1.29 is 4.74 Å². The van der Waals surface area contributed by atoms with Crippen molar-refractivity contribution in [1.82, 2.24) is 0 Å². The SMILES string of the molecule is ClCCSCOCSCCCl. The molecule has 0 aliphatic rings. The van der Waals surface area contributed by atoms with E-state index in [1.165, 1.54) is 0 Å². The Morgan fingerprint density at radius 1 is 0.909 bits per heavy atom. The van der Waals surface area contributed by atoms with Crippen LogP contribution in [0.2, 0.25) is 0 Å². The van der Waals surface area contributed by atoms with Crippen molar-refractivity contribution in [3.05, 3.63) is 0 Å². The van der Waals surface area contributed by atoms with E-state index in [0.717, 1.165) is 23.4 Å². The van der Waals surface area contributed by atoms with Gasteiger partial charge < -0.3 is 4.74 Å². The van der Waals surface area contributed by atoms with Gasteiger partial charge in [0.25, 0.3) is 0 Å². The lowest BCUT2D eigenvalue weighted by atomic mass is 11.0. The van der Waals surface area contributed by atoms with Crippen LogP contribution in [-0.4, -0.2) is 35.1 Å². The maximum atomic E-state index is 5.47. The number of halogens is 2. The summed E-state index contributed by atoms with van der Waals surface area (Å²) >= 11 is 14.4.